The highest BCUT2D eigenvalue weighted by Crippen LogP contribution is 2.33. The lowest BCUT2D eigenvalue weighted by atomic mass is 9.88. The van der Waals surface area contributed by atoms with Gasteiger partial charge in [-0.1, -0.05) is 0 Å². The second kappa shape index (κ2) is 8.26. The van der Waals surface area contributed by atoms with Gasteiger partial charge in [-0.3, -0.25) is 9.69 Å². The van der Waals surface area contributed by atoms with Gasteiger partial charge < -0.3 is 9.47 Å². The fourth-order valence-electron chi connectivity index (χ4n) is 3.91. The summed E-state index contributed by atoms with van der Waals surface area (Å²) in [5.74, 6) is 1.71. The maximum Gasteiger partial charge on any atom is 0.166 e. The van der Waals surface area contributed by atoms with E-state index >= 15 is 0 Å². The van der Waals surface area contributed by atoms with Crippen LogP contribution in [-0.4, -0.2) is 42.0 Å². The number of nitrogens with zero attached hydrogens (tertiary/aromatic N) is 2. The molecule has 29 heavy (non-hydrogen) atoms. The zero-order valence-electron chi connectivity index (χ0n) is 16.0. The maximum absolute atomic E-state index is 13.0. The predicted molar refractivity (Wildman–Crippen MR) is 115 cm³/mol. The van der Waals surface area contributed by atoms with Crippen LogP contribution >= 0.6 is 22.7 Å². The molecular weight excluding hydrogens is 404 g/mol. The van der Waals surface area contributed by atoms with E-state index in [2.05, 4.69) is 27.1 Å². The molecule has 3 aromatic rings. The number of aromatic nitrogens is 1. The summed E-state index contributed by atoms with van der Waals surface area (Å²) in [7, 11) is 0. The molecule has 0 aliphatic carbocycles. The van der Waals surface area contributed by atoms with Crippen molar-refractivity contribution in [3.63, 3.8) is 0 Å². The Labute approximate surface area is 177 Å². The average Bonchev–Trinajstić information content (AvgIpc) is 3.45. The lowest BCUT2D eigenvalue weighted by Gasteiger charge is -2.30. The summed E-state index contributed by atoms with van der Waals surface area (Å²) in [5.41, 5.74) is 3.05. The minimum absolute atomic E-state index is 0.0746. The van der Waals surface area contributed by atoms with E-state index in [0.717, 1.165) is 54.5 Å². The highest BCUT2D eigenvalue weighted by atomic mass is 32.1. The van der Waals surface area contributed by atoms with E-state index in [9.17, 15) is 4.79 Å². The number of fused-ring (bicyclic) bond motifs is 1. The molecule has 0 unspecified atom stereocenters. The van der Waals surface area contributed by atoms with Crippen molar-refractivity contribution < 1.29 is 14.3 Å². The number of rotatable bonds is 5. The Balaban J connectivity index is 1.18. The van der Waals surface area contributed by atoms with Crippen molar-refractivity contribution in [1.29, 1.82) is 0 Å². The molecule has 5 rings (SSSR count). The molecule has 0 atom stereocenters. The first kappa shape index (κ1) is 18.8. The van der Waals surface area contributed by atoms with Crippen LogP contribution in [0.3, 0.4) is 0 Å². The van der Waals surface area contributed by atoms with Crippen LogP contribution in [0.25, 0.3) is 10.6 Å². The molecule has 4 heterocycles. The number of thiazole rings is 1. The second-order valence-electron chi connectivity index (χ2n) is 7.43. The number of ketones is 1. The predicted octanol–water partition coefficient (Wildman–Crippen LogP) is 4.74. The number of likely N-dealkylation sites (tertiary alicyclic amines) is 1. The number of ether oxygens (including phenoxy) is 2. The zero-order chi connectivity index (χ0) is 19.6. The highest BCUT2D eigenvalue weighted by Gasteiger charge is 2.27. The van der Waals surface area contributed by atoms with Crippen LogP contribution < -0.4 is 9.47 Å². The van der Waals surface area contributed by atoms with Gasteiger partial charge in [0.1, 0.15) is 18.2 Å². The third-order valence-corrected chi connectivity index (χ3v) is 7.11. The standard InChI is InChI=1S/C22H22N2O3S2/c25-21(16-1-2-19-20(11-16)27-9-8-26-19)15-3-6-24(7-4-15)12-18-14-29-22(23-18)17-5-10-28-13-17/h1-2,5,10-11,13-15H,3-4,6-9,12H2. The number of thiophene rings is 1. The molecule has 2 aliphatic heterocycles. The van der Waals surface area contributed by atoms with Gasteiger partial charge in [0.15, 0.2) is 17.3 Å². The molecule has 5 nitrogen and oxygen atoms in total. The first-order valence-corrected chi connectivity index (χ1v) is 11.7. The fraction of sp³-hybridized carbons (Fsp3) is 0.364. The topological polar surface area (TPSA) is 51.7 Å². The minimum Gasteiger partial charge on any atom is -0.486 e. The van der Waals surface area contributed by atoms with Gasteiger partial charge in [0, 0.05) is 34.3 Å². The monoisotopic (exact) mass is 426 g/mol. The summed E-state index contributed by atoms with van der Waals surface area (Å²) in [6.45, 7) is 3.80. The van der Waals surface area contributed by atoms with E-state index < -0.39 is 0 Å². The number of hydrogen-bond donors (Lipinski definition) is 0. The molecule has 0 bridgehead atoms. The molecule has 1 aromatic carbocycles. The average molecular weight is 427 g/mol. The number of carbonyl (C=O) groups excluding carboxylic acids is 1. The molecule has 0 saturated carbocycles. The summed E-state index contributed by atoms with van der Waals surface area (Å²) in [6, 6.07) is 7.67. The fourth-order valence-corrected chi connectivity index (χ4v) is 5.44. The third-order valence-electron chi connectivity index (χ3n) is 5.49. The van der Waals surface area contributed by atoms with Gasteiger partial charge >= 0.3 is 0 Å². The van der Waals surface area contributed by atoms with Crippen molar-refractivity contribution in [2.75, 3.05) is 26.3 Å². The van der Waals surface area contributed by atoms with Gasteiger partial charge in [-0.25, -0.2) is 4.98 Å². The number of carbonyl (C=O) groups is 1. The lowest BCUT2D eigenvalue weighted by Crippen LogP contribution is -2.36. The van der Waals surface area contributed by atoms with Crippen LogP contribution in [-0.2, 0) is 6.54 Å². The second-order valence-corrected chi connectivity index (χ2v) is 9.07. The molecule has 150 valence electrons. The Bertz CT molecular complexity index is 991. The Morgan fingerprint density at radius 1 is 1.10 bits per heavy atom. The maximum atomic E-state index is 13.0. The first-order chi connectivity index (χ1) is 14.3. The van der Waals surface area contributed by atoms with Crippen molar-refractivity contribution >= 4 is 28.5 Å². The van der Waals surface area contributed by atoms with E-state index in [4.69, 9.17) is 14.5 Å². The van der Waals surface area contributed by atoms with E-state index in [0.29, 0.717) is 19.0 Å². The number of hydrogen-bond acceptors (Lipinski definition) is 7. The van der Waals surface area contributed by atoms with E-state index in [1.165, 1.54) is 5.56 Å². The summed E-state index contributed by atoms with van der Waals surface area (Å²) in [6.07, 6.45) is 1.77. The molecule has 1 fully saturated rings. The van der Waals surface area contributed by atoms with Crippen LogP contribution in [0.15, 0.2) is 40.4 Å². The highest BCUT2D eigenvalue weighted by molar-refractivity contribution is 7.14. The van der Waals surface area contributed by atoms with Gasteiger partial charge in [-0.15, -0.1) is 11.3 Å². The Morgan fingerprint density at radius 3 is 2.72 bits per heavy atom. The summed E-state index contributed by atoms with van der Waals surface area (Å²) in [5, 5.41) is 7.46. The Kier molecular flexibility index (Phi) is 5.35. The molecule has 7 heteroatoms. The van der Waals surface area contributed by atoms with Crippen molar-refractivity contribution in [2.45, 2.75) is 19.4 Å². The van der Waals surface area contributed by atoms with Gasteiger partial charge in [0.2, 0.25) is 0 Å². The van der Waals surface area contributed by atoms with E-state index in [1.807, 2.05) is 18.2 Å². The van der Waals surface area contributed by atoms with Gasteiger partial charge in [0.05, 0.1) is 5.69 Å². The van der Waals surface area contributed by atoms with E-state index in [-0.39, 0.29) is 11.7 Å². The SMILES string of the molecule is O=C(c1ccc2c(c1)OCCO2)C1CCN(Cc2csc(-c3ccsc3)n2)CC1. The number of Topliss-reactive ketones (excluding diaryl/α,β-unsaturated/α-hetero) is 1. The molecule has 0 radical (unpaired) electrons. The summed E-state index contributed by atoms with van der Waals surface area (Å²) < 4.78 is 11.2. The Morgan fingerprint density at radius 2 is 1.93 bits per heavy atom. The molecule has 0 amide bonds. The van der Waals surface area contributed by atoms with Crippen LogP contribution in [0.5, 0.6) is 11.5 Å². The molecule has 2 aliphatic rings. The molecule has 1 saturated heterocycles. The number of benzene rings is 1. The normalized spacial score (nSPS) is 17.4. The van der Waals surface area contributed by atoms with Crippen LogP contribution in [0.4, 0.5) is 0 Å². The Hall–Kier alpha value is -2.22. The van der Waals surface area contributed by atoms with Crippen LogP contribution in [0, 0.1) is 5.92 Å². The van der Waals surface area contributed by atoms with Crippen molar-refractivity contribution in [3.8, 4) is 22.1 Å². The van der Waals surface area contributed by atoms with Crippen molar-refractivity contribution in [3.05, 3.63) is 51.7 Å². The van der Waals surface area contributed by atoms with Crippen LogP contribution in [0.2, 0.25) is 0 Å². The summed E-state index contributed by atoms with van der Waals surface area (Å²) in [4.78, 5) is 20.1. The smallest absolute Gasteiger partial charge is 0.166 e. The summed E-state index contributed by atoms with van der Waals surface area (Å²) >= 11 is 3.40. The quantitative estimate of drug-likeness (QED) is 0.552. The van der Waals surface area contributed by atoms with Gasteiger partial charge in [-0.2, -0.15) is 11.3 Å². The van der Waals surface area contributed by atoms with Gasteiger partial charge in [0.25, 0.3) is 0 Å². The lowest BCUT2D eigenvalue weighted by molar-refractivity contribution is 0.0833. The van der Waals surface area contributed by atoms with Crippen LogP contribution in [0.1, 0.15) is 28.9 Å². The molecule has 0 spiro atoms. The van der Waals surface area contributed by atoms with Gasteiger partial charge in [-0.05, 0) is 55.6 Å². The minimum atomic E-state index is 0.0746. The molecule has 2 aromatic heterocycles. The zero-order valence-corrected chi connectivity index (χ0v) is 17.6. The molecule has 0 N–H and O–H groups in total. The largest absolute Gasteiger partial charge is 0.486 e. The van der Waals surface area contributed by atoms with E-state index in [1.54, 1.807) is 22.7 Å². The third kappa shape index (κ3) is 4.08. The molecular formula is C22H22N2O3S2. The number of piperidine rings is 1. The van der Waals surface area contributed by atoms with Crippen molar-refractivity contribution in [2.24, 2.45) is 5.92 Å². The first-order valence-electron chi connectivity index (χ1n) is 9.89. The van der Waals surface area contributed by atoms with Crippen molar-refractivity contribution in [1.82, 2.24) is 9.88 Å².